The summed E-state index contributed by atoms with van der Waals surface area (Å²) in [6.45, 7) is 3.73. The van der Waals surface area contributed by atoms with Crippen molar-refractivity contribution in [1.82, 2.24) is 4.31 Å². The van der Waals surface area contributed by atoms with E-state index in [4.69, 9.17) is 4.74 Å². The molecule has 0 bridgehead atoms. The van der Waals surface area contributed by atoms with Crippen LogP contribution in [0, 0.1) is 11.6 Å². The molecule has 1 aliphatic heterocycles. The Morgan fingerprint density at radius 1 is 1.21 bits per heavy atom. The molecule has 0 N–H and O–H groups in total. The molecule has 106 valence electrons. The minimum absolute atomic E-state index is 0.128. The van der Waals surface area contributed by atoms with Gasteiger partial charge in [-0.2, -0.15) is 4.31 Å². The van der Waals surface area contributed by atoms with Crippen LogP contribution in [-0.2, 0) is 14.8 Å². The van der Waals surface area contributed by atoms with Crippen molar-refractivity contribution in [1.29, 1.82) is 0 Å². The molecule has 0 radical (unpaired) electrons. The summed E-state index contributed by atoms with van der Waals surface area (Å²) in [4.78, 5) is -0.631. The Balaban J connectivity index is 2.39. The highest BCUT2D eigenvalue weighted by Crippen LogP contribution is 2.23. The molecule has 1 fully saturated rings. The Hall–Kier alpha value is -1.05. The van der Waals surface area contributed by atoms with Crippen molar-refractivity contribution in [2.45, 2.75) is 31.0 Å². The normalized spacial score (nSPS) is 25.5. The van der Waals surface area contributed by atoms with Gasteiger partial charge in [0, 0.05) is 13.1 Å². The summed E-state index contributed by atoms with van der Waals surface area (Å²) in [7, 11) is -4.04. The van der Waals surface area contributed by atoms with Crippen LogP contribution in [0.3, 0.4) is 0 Å². The molecule has 19 heavy (non-hydrogen) atoms. The number of benzene rings is 1. The first-order valence-corrected chi connectivity index (χ1v) is 7.35. The topological polar surface area (TPSA) is 46.6 Å². The monoisotopic (exact) mass is 291 g/mol. The number of hydrogen-bond acceptors (Lipinski definition) is 3. The van der Waals surface area contributed by atoms with Crippen LogP contribution in [0.5, 0.6) is 0 Å². The van der Waals surface area contributed by atoms with E-state index in [0.717, 1.165) is 16.4 Å². The zero-order valence-electron chi connectivity index (χ0n) is 10.6. The Kier molecular flexibility index (Phi) is 3.89. The minimum Gasteiger partial charge on any atom is -0.373 e. The molecule has 2 unspecified atom stereocenters. The van der Waals surface area contributed by atoms with Gasteiger partial charge in [0.2, 0.25) is 10.0 Å². The van der Waals surface area contributed by atoms with Gasteiger partial charge in [-0.1, -0.05) is 0 Å². The quantitative estimate of drug-likeness (QED) is 0.834. The van der Waals surface area contributed by atoms with Crippen LogP contribution in [0.2, 0.25) is 0 Å². The van der Waals surface area contributed by atoms with Crippen molar-refractivity contribution >= 4 is 10.0 Å². The van der Waals surface area contributed by atoms with Crippen LogP contribution in [0.25, 0.3) is 0 Å². The molecule has 2 atom stereocenters. The molecule has 4 nitrogen and oxygen atoms in total. The maximum atomic E-state index is 13.6. The fraction of sp³-hybridized carbons (Fsp3) is 0.500. The molecule has 1 aromatic carbocycles. The van der Waals surface area contributed by atoms with E-state index in [1.165, 1.54) is 0 Å². The van der Waals surface area contributed by atoms with Gasteiger partial charge in [0.1, 0.15) is 16.5 Å². The summed E-state index contributed by atoms with van der Waals surface area (Å²) in [6, 6.07) is 2.41. The molecule has 0 spiro atoms. The maximum absolute atomic E-state index is 13.6. The molecule has 0 aliphatic carbocycles. The smallest absolute Gasteiger partial charge is 0.246 e. The second-order valence-corrected chi connectivity index (χ2v) is 6.56. The van der Waals surface area contributed by atoms with Crippen molar-refractivity contribution in [3.05, 3.63) is 29.8 Å². The predicted molar refractivity (Wildman–Crippen MR) is 65.1 cm³/mol. The lowest BCUT2D eigenvalue weighted by Gasteiger charge is -2.34. The van der Waals surface area contributed by atoms with Gasteiger partial charge >= 0.3 is 0 Å². The first-order chi connectivity index (χ1) is 8.80. The Morgan fingerprint density at radius 3 is 2.37 bits per heavy atom. The highest BCUT2D eigenvalue weighted by molar-refractivity contribution is 7.89. The summed E-state index contributed by atoms with van der Waals surface area (Å²) in [6.07, 6.45) is -0.565. The minimum atomic E-state index is -4.04. The lowest BCUT2D eigenvalue weighted by atomic mass is 10.3. The summed E-state index contributed by atoms with van der Waals surface area (Å²) < 4.78 is 57.9. The van der Waals surface area contributed by atoms with Crippen molar-refractivity contribution in [3.8, 4) is 0 Å². The lowest BCUT2D eigenvalue weighted by Crippen LogP contribution is -2.48. The maximum Gasteiger partial charge on any atom is 0.246 e. The van der Waals surface area contributed by atoms with E-state index in [1.807, 2.05) is 0 Å². The fourth-order valence-electron chi connectivity index (χ4n) is 2.14. The molecule has 0 aromatic heterocycles. The number of nitrogens with zero attached hydrogens (tertiary/aromatic N) is 1. The van der Waals surface area contributed by atoms with Gasteiger partial charge in [0.15, 0.2) is 0 Å². The van der Waals surface area contributed by atoms with E-state index in [0.29, 0.717) is 6.07 Å². The number of halogens is 2. The van der Waals surface area contributed by atoms with Crippen LogP contribution in [0.15, 0.2) is 23.1 Å². The van der Waals surface area contributed by atoms with Gasteiger partial charge in [0.05, 0.1) is 12.2 Å². The summed E-state index contributed by atoms with van der Waals surface area (Å²) in [5.41, 5.74) is 0. The molecular formula is C12H15F2NO3S. The van der Waals surface area contributed by atoms with Crippen LogP contribution in [0.4, 0.5) is 8.78 Å². The summed E-state index contributed by atoms with van der Waals surface area (Å²) >= 11 is 0. The average molecular weight is 291 g/mol. The molecule has 0 saturated carbocycles. The second-order valence-electron chi connectivity index (χ2n) is 4.65. The van der Waals surface area contributed by atoms with E-state index in [1.54, 1.807) is 13.8 Å². The Bertz CT molecular complexity index is 566. The van der Waals surface area contributed by atoms with Crippen molar-refractivity contribution in [2.75, 3.05) is 13.1 Å². The third kappa shape index (κ3) is 2.93. The second kappa shape index (κ2) is 5.15. The molecule has 1 aromatic rings. The number of morpholine rings is 1. The van der Waals surface area contributed by atoms with Crippen LogP contribution in [0.1, 0.15) is 13.8 Å². The standard InChI is InChI=1S/C12H15F2NO3S/c1-8-6-15(7-9(2)18-8)19(16,17)12-5-10(13)3-4-11(12)14/h3-5,8-9H,6-7H2,1-2H3. The van der Waals surface area contributed by atoms with Gasteiger partial charge in [-0.15, -0.1) is 0 Å². The summed E-state index contributed by atoms with van der Waals surface area (Å²) in [5, 5.41) is 0. The third-order valence-electron chi connectivity index (χ3n) is 2.90. The molecule has 1 aliphatic rings. The molecular weight excluding hydrogens is 276 g/mol. The van der Waals surface area contributed by atoms with Gasteiger partial charge < -0.3 is 4.74 Å². The van der Waals surface area contributed by atoms with Crippen molar-refractivity contribution in [2.24, 2.45) is 0 Å². The summed E-state index contributed by atoms with van der Waals surface area (Å²) in [5.74, 6) is -1.73. The lowest BCUT2D eigenvalue weighted by molar-refractivity contribution is -0.0441. The van der Waals surface area contributed by atoms with Crippen molar-refractivity contribution < 1.29 is 21.9 Å². The Labute approximate surface area is 111 Å². The number of rotatable bonds is 2. The van der Waals surface area contributed by atoms with Crippen LogP contribution >= 0.6 is 0 Å². The first kappa shape index (κ1) is 14.4. The third-order valence-corrected chi connectivity index (χ3v) is 4.74. The number of ether oxygens (including phenoxy) is 1. The SMILES string of the molecule is CC1CN(S(=O)(=O)c2cc(F)ccc2F)CC(C)O1. The fourth-order valence-corrected chi connectivity index (χ4v) is 3.81. The highest BCUT2D eigenvalue weighted by Gasteiger charge is 2.34. The molecule has 1 heterocycles. The molecule has 0 amide bonds. The van der Waals surface area contributed by atoms with Gasteiger partial charge in [-0.05, 0) is 32.0 Å². The average Bonchev–Trinajstić information content (AvgIpc) is 2.31. The molecule has 1 saturated heterocycles. The number of hydrogen-bond donors (Lipinski definition) is 0. The predicted octanol–water partition coefficient (Wildman–Crippen LogP) is 1.76. The van der Waals surface area contributed by atoms with Crippen LogP contribution in [-0.4, -0.2) is 38.0 Å². The first-order valence-electron chi connectivity index (χ1n) is 5.91. The molecule has 2 rings (SSSR count). The van der Waals surface area contributed by atoms with Gasteiger partial charge in [0.25, 0.3) is 0 Å². The molecule has 7 heteroatoms. The van der Waals surface area contributed by atoms with E-state index in [2.05, 4.69) is 0 Å². The van der Waals surface area contributed by atoms with Gasteiger partial charge in [-0.3, -0.25) is 0 Å². The zero-order valence-corrected chi connectivity index (χ0v) is 11.5. The van der Waals surface area contributed by atoms with Gasteiger partial charge in [-0.25, -0.2) is 17.2 Å². The zero-order chi connectivity index (χ0) is 14.2. The van der Waals surface area contributed by atoms with E-state index in [9.17, 15) is 17.2 Å². The van der Waals surface area contributed by atoms with Crippen molar-refractivity contribution in [3.63, 3.8) is 0 Å². The number of sulfonamides is 1. The van der Waals surface area contributed by atoms with E-state index in [-0.39, 0.29) is 25.3 Å². The highest BCUT2D eigenvalue weighted by atomic mass is 32.2. The van der Waals surface area contributed by atoms with Crippen LogP contribution < -0.4 is 0 Å². The van der Waals surface area contributed by atoms with E-state index >= 15 is 0 Å². The Morgan fingerprint density at radius 2 is 1.79 bits per heavy atom. The largest absolute Gasteiger partial charge is 0.373 e. The van der Waals surface area contributed by atoms with E-state index < -0.39 is 26.6 Å².